The molecule has 1 aromatic rings. The molecule has 0 radical (unpaired) electrons. The monoisotopic (exact) mass is 230 g/mol. The quantitative estimate of drug-likeness (QED) is 0.789. The van der Waals surface area contributed by atoms with Gasteiger partial charge in [-0.1, -0.05) is 6.07 Å². The van der Waals surface area contributed by atoms with Gasteiger partial charge in [0, 0.05) is 31.5 Å². The molecule has 4 nitrogen and oxygen atoms in total. The van der Waals surface area contributed by atoms with Crippen molar-refractivity contribution in [2.75, 3.05) is 19.6 Å². The first-order valence-electron chi connectivity index (χ1n) is 6.10. The summed E-state index contributed by atoms with van der Waals surface area (Å²) in [5.41, 5.74) is 1.26. The average Bonchev–Trinajstić information content (AvgIpc) is 2.38. The van der Waals surface area contributed by atoms with Crippen molar-refractivity contribution in [1.82, 2.24) is 15.2 Å². The maximum absolute atomic E-state index is 8.56. The molecule has 1 atom stereocenters. The zero-order valence-electron chi connectivity index (χ0n) is 9.97. The second-order valence-electron chi connectivity index (χ2n) is 4.47. The summed E-state index contributed by atoms with van der Waals surface area (Å²) >= 11 is 0. The number of nitrogens with zero attached hydrogens (tertiary/aromatic N) is 3. The van der Waals surface area contributed by atoms with E-state index in [1.54, 1.807) is 6.20 Å². The number of nitrogens with one attached hydrogen (secondary N) is 1. The molecule has 1 fully saturated rings. The number of nitriles is 1. The zero-order chi connectivity index (χ0) is 11.9. The van der Waals surface area contributed by atoms with Crippen LogP contribution in [0.1, 0.15) is 18.4 Å². The lowest BCUT2D eigenvalue weighted by Gasteiger charge is -2.32. The molecule has 1 unspecified atom stereocenters. The Bertz CT molecular complexity index is 371. The fourth-order valence-corrected chi connectivity index (χ4v) is 2.31. The van der Waals surface area contributed by atoms with Gasteiger partial charge in [0.05, 0.1) is 12.6 Å². The van der Waals surface area contributed by atoms with Gasteiger partial charge in [0.1, 0.15) is 0 Å². The molecular weight excluding hydrogens is 212 g/mol. The van der Waals surface area contributed by atoms with Gasteiger partial charge in [-0.3, -0.25) is 9.88 Å². The average molecular weight is 230 g/mol. The third kappa shape index (κ3) is 3.81. The lowest BCUT2D eigenvalue weighted by Crippen LogP contribution is -2.45. The Balaban J connectivity index is 1.83. The van der Waals surface area contributed by atoms with E-state index in [4.69, 9.17) is 5.26 Å². The van der Waals surface area contributed by atoms with E-state index in [1.807, 2.05) is 12.3 Å². The molecule has 4 heteroatoms. The number of aromatic nitrogens is 1. The molecule has 0 aromatic carbocycles. The van der Waals surface area contributed by atoms with Crippen molar-refractivity contribution in [1.29, 1.82) is 5.26 Å². The molecule has 1 aliphatic rings. The van der Waals surface area contributed by atoms with E-state index in [1.165, 1.54) is 18.4 Å². The van der Waals surface area contributed by atoms with Crippen molar-refractivity contribution in [3.05, 3.63) is 30.1 Å². The van der Waals surface area contributed by atoms with Gasteiger partial charge in [-0.25, -0.2) is 0 Å². The molecule has 0 saturated carbocycles. The van der Waals surface area contributed by atoms with Crippen molar-refractivity contribution in [3.8, 4) is 6.07 Å². The predicted octanol–water partition coefficient (Wildman–Crippen LogP) is 1.16. The van der Waals surface area contributed by atoms with E-state index in [0.29, 0.717) is 12.6 Å². The summed E-state index contributed by atoms with van der Waals surface area (Å²) in [6.45, 7) is 3.57. The molecule has 1 N–H and O–H groups in total. The predicted molar refractivity (Wildman–Crippen MR) is 66.2 cm³/mol. The highest BCUT2D eigenvalue weighted by Gasteiger charge is 2.19. The largest absolute Gasteiger partial charge is 0.300 e. The summed E-state index contributed by atoms with van der Waals surface area (Å²) in [6.07, 6.45) is 6.10. The Morgan fingerprint density at radius 3 is 3.29 bits per heavy atom. The first-order valence-corrected chi connectivity index (χ1v) is 6.10. The summed E-state index contributed by atoms with van der Waals surface area (Å²) in [6, 6.07) is 6.69. The molecule has 1 saturated heterocycles. The van der Waals surface area contributed by atoms with Gasteiger partial charge in [-0.2, -0.15) is 5.26 Å². The minimum Gasteiger partial charge on any atom is -0.300 e. The van der Waals surface area contributed by atoms with Crippen molar-refractivity contribution < 1.29 is 0 Å². The molecule has 90 valence electrons. The SMILES string of the molecule is N#CCNC1CCCN(Cc2cccnc2)C1. The number of likely N-dealkylation sites (tertiary alicyclic amines) is 1. The smallest absolute Gasteiger partial charge is 0.0843 e. The summed E-state index contributed by atoms with van der Waals surface area (Å²) < 4.78 is 0. The van der Waals surface area contributed by atoms with Crippen molar-refractivity contribution in [2.24, 2.45) is 0 Å². The van der Waals surface area contributed by atoms with E-state index in [-0.39, 0.29) is 0 Å². The molecular formula is C13H18N4. The van der Waals surface area contributed by atoms with Crippen molar-refractivity contribution in [2.45, 2.75) is 25.4 Å². The summed E-state index contributed by atoms with van der Waals surface area (Å²) in [7, 11) is 0. The Hall–Kier alpha value is -1.44. The molecule has 0 spiro atoms. The molecule has 17 heavy (non-hydrogen) atoms. The Morgan fingerprint density at radius 1 is 1.59 bits per heavy atom. The molecule has 2 rings (SSSR count). The van der Waals surface area contributed by atoms with Crippen LogP contribution in [-0.2, 0) is 6.54 Å². The number of rotatable bonds is 4. The van der Waals surface area contributed by atoms with Crippen LogP contribution in [0.25, 0.3) is 0 Å². The minimum absolute atomic E-state index is 0.450. The second kappa shape index (κ2) is 6.33. The maximum atomic E-state index is 8.56. The summed E-state index contributed by atoms with van der Waals surface area (Å²) in [4.78, 5) is 6.56. The van der Waals surface area contributed by atoms with Crippen LogP contribution in [0.5, 0.6) is 0 Å². The molecule has 0 bridgehead atoms. The molecule has 0 aliphatic carbocycles. The fourth-order valence-electron chi connectivity index (χ4n) is 2.31. The van der Waals surface area contributed by atoms with Crippen LogP contribution in [0, 0.1) is 11.3 Å². The van der Waals surface area contributed by atoms with E-state index < -0.39 is 0 Å². The third-order valence-corrected chi connectivity index (χ3v) is 3.10. The highest BCUT2D eigenvalue weighted by atomic mass is 15.2. The summed E-state index contributed by atoms with van der Waals surface area (Å²) in [5.74, 6) is 0. The molecule has 2 heterocycles. The highest BCUT2D eigenvalue weighted by Crippen LogP contribution is 2.13. The Kier molecular flexibility index (Phi) is 4.48. The topological polar surface area (TPSA) is 52.0 Å². The number of pyridine rings is 1. The van der Waals surface area contributed by atoms with Gasteiger partial charge in [-0.05, 0) is 31.0 Å². The lowest BCUT2D eigenvalue weighted by molar-refractivity contribution is 0.186. The van der Waals surface area contributed by atoms with Gasteiger partial charge in [0.25, 0.3) is 0 Å². The van der Waals surface area contributed by atoms with Crippen LogP contribution >= 0.6 is 0 Å². The van der Waals surface area contributed by atoms with Crippen LogP contribution in [0.2, 0.25) is 0 Å². The molecule has 1 aromatic heterocycles. The third-order valence-electron chi connectivity index (χ3n) is 3.10. The first kappa shape index (κ1) is 12.0. The second-order valence-corrected chi connectivity index (χ2v) is 4.47. The molecule has 1 aliphatic heterocycles. The van der Waals surface area contributed by atoms with Gasteiger partial charge in [0.15, 0.2) is 0 Å². The first-order chi connectivity index (χ1) is 8.38. The molecule has 0 amide bonds. The van der Waals surface area contributed by atoms with E-state index in [9.17, 15) is 0 Å². The highest BCUT2D eigenvalue weighted by molar-refractivity contribution is 5.08. The van der Waals surface area contributed by atoms with E-state index >= 15 is 0 Å². The van der Waals surface area contributed by atoms with Gasteiger partial charge in [0.2, 0.25) is 0 Å². The van der Waals surface area contributed by atoms with E-state index in [0.717, 1.165) is 19.6 Å². The van der Waals surface area contributed by atoms with Crippen LogP contribution in [-0.4, -0.2) is 35.6 Å². The van der Waals surface area contributed by atoms with Gasteiger partial charge >= 0.3 is 0 Å². The fraction of sp³-hybridized carbons (Fsp3) is 0.538. The normalized spacial score (nSPS) is 21.0. The lowest BCUT2D eigenvalue weighted by atomic mass is 10.1. The standard InChI is InChI=1S/C13H18N4/c14-5-7-16-13-4-2-8-17(11-13)10-12-3-1-6-15-9-12/h1,3,6,9,13,16H,2,4,7-8,10-11H2. The number of hydrogen-bond donors (Lipinski definition) is 1. The minimum atomic E-state index is 0.450. The summed E-state index contributed by atoms with van der Waals surface area (Å²) in [5, 5.41) is 11.8. The van der Waals surface area contributed by atoms with Crippen LogP contribution in [0.15, 0.2) is 24.5 Å². The van der Waals surface area contributed by atoms with Gasteiger partial charge in [-0.15, -0.1) is 0 Å². The number of piperidine rings is 1. The van der Waals surface area contributed by atoms with Crippen LogP contribution < -0.4 is 5.32 Å². The van der Waals surface area contributed by atoms with Crippen molar-refractivity contribution in [3.63, 3.8) is 0 Å². The maximum Gasteiger partial charge on any atom is 0.0843 e. The zero-order valence-corrected chi connectivity index (χ0v) is 9.97. The van der Waals surface area contributed by atoms with Crippen molar-refractivity contribution >= 4 is 0 Å². The number of hydrogen-bond acceptors (Lipinski definition) is 4. The van der Waals surface area contributed by atoms with Crippen LogP contribution in [0.4, 0.5) is 0 Å². The van der Waals surface area contributed by atoms with E-state index in [2.05, 4.69) is 27.3 Å². The van der Waals surface area contributed by atoms with Crippen LogP contribution in [0.3, 0.4) is 0 Å². The Labute approximate surface area is 102 Å². The Morgan fingerprint density at radius 2 is 2.53 bits per heavy atom. The van der Waals surface area contributed by atoms with Gasteiger partial charge < -0.3 is 5.32 Å².